The van der Waals surface area contributed by atoms with Crippen LogP contribution >= 0.6 is 11.6 Å². The van der Waals surface area contributed by atoms with Crippen molar-refractivity contribution in [3.63, 3.8) is 0 Å². The number of nitrogens with zero attached hydrogens (tertiary/aromatic N) is 1. The molecule has 1 aromatic rings. The Morgan fingerprint density at radius 1 is 1.35 bits per heavy atom. The lowest BCUT2D eigenvalue weighted by Gasteiger charge is -2.23. The molecule has 1 aliphatic heterocycles. The summed E-state index contributed by atoms with van der Waals surface area (Å²) in [5.41, 5.74) is 7.22. The van der Waals surface area contributed by atoms with E-state index in [2.05, 4.69) is 11.8 Å². The van der Waals surface area contributed by atoms with E-state index in [0.717, 1.165) is 38.2 Å². The third kappa shape index (κ3) is 3.19. The topological polar surface area (TPSA) is 47.7 Å². The van der Waals surface area contributed by atoms with Gasteiger partial charge in [-0.3, -0.25) is 4.90 Å². The smallest absolute Gasteiger partial charge is 0.179 e. The fraction of sp³-hybridized carbons (Fsp3) is 0.600. The summed E-state index contributed by atoms with van der Waals surface area (Å²) >= 11 is 6.24. The largest absolute Gasteiger partial charge is 0.493 e. The van der Waals surface area contributed by atoms with Crippen LogP contribution in [0.15, 0.2) is 12.1 Å². The van der Waals surface area contributed by atoms with E-state index in [1.54, 1.807) is 14.2 Å². The molecular weight excluding hydrogens is 276 g/mol. The van der Waals surface area contributed by atoms with E-state index in [4.69, 9.17) is 26.8 Å². The van der Waals surface area contributed by atoms with Gasteiger partial charge in [-0.15, -0.1) is 0 Å². The van der Waals surface area contributed by atoms with Gasteiger partial charge in [-0.1, -0.05) is 18.5 Å². The van der Waals surface area contributed by atoms with Gasteiger partial charge in [-0.25, -0.2) is 0 Å². The lowest BCUT2D eigenvalue weighted by molar-refractivity contribution is 0.274. The molecule has 1 fully saturated rings. The molecule has 2 N–H and O–H groups in total. The summed E-state index contributed by atoms with van der Waals surface area (Å²) in [6, 6.07) is 3.93. The molecule has 0 aromatic heterocycles. The van der Waals surface area contributed by atoms with Crippen molar-refractivity contribution in [3.05, 3.63) is 22.7 Å². The first-order chi connectivity index (χ1) is 9.51. The SMILES string of the molecule is COc1cc(CN2CCC(C)(CN)C2)cc(Cl)c1OC. The molecule has 0 spiro atoms. The second-order valence-electron chi connectivity index (χ2n) is 5.79. The van der Waals surface area contributed by atoms with Gasteiger partial charge < -0.3 is 15.2 Å². The van der Waals surface area contributed by atoms with E-state index in [9.17, 15) is 0 Å². The third-order valence-electron chi connectivity index (χ3n) is 4.03. The molecular formula is C15H23ClN2O2. The third-order valence-corrected chi connectivity index (χ3v) is 4.31. The zero-order valence-corrected chi connectivity index (χ0v) is 13.2. The molecule has 112 valence electrons. The number of methoxy groups -OCH3 is 2. The van der Waals surface area contributed by atoms with Gasteiger partial charge in [0.2, 0.25) is 0 Å². The van der Waals surface area contributed by atoms with Crippen LogP contribution < -0.4 is 15.2 Å². The van der Waals surface area contributed by atoms with Crippen molar-refractivity contribution in [1.29, 1.82) is 0 Å². The van der Waals surface area contributed by atoms with Crippen LogP contribution in [0.2, 0.25) is 5.02 Å². The number of hydrogen-bond acceptors (Lipinski definition) is 4. The minimum atomic E-state index is 0.236. The van der Waals surface area contributed by atoms with Gasteiger partial charge in [-0.2, -0.15) is 0 Å². The second-order valence-corrected chi connectivity index (χ2v) is 6.20. The number of rotatable bonds is 5. The van der Waals surface area contributed by atoms with Crippen molar-refractivity contribution in [2.45, 2.75) is 19.9 Å². The quantitative estimate of drug-likeness (QED) is 0.907. The molecule has 1 heterocycles. The molecule has 0 saturated carbocycles. The molecule has 0 amide bonds. The van der Waals surface area contributed by atoms with Crippen LogP contribution in [0.5, 0.6) is 11.5 Å². The van der Waals surface area contributed by atoms with Gasteiger partial charge in [0.15, 0.2) is 11.5 Å². The van der Waals surface area contributed by atoms with Crippen LogP contribution in [0.4, 0.5) is 0 Å². The first-order valence-corrected chi connectivity index (χ1v) is 7.22. The first-order valence-electron chi connectivity index (χ1n) is 6.84. The van der Waals surface area contributed by atoms with Crippen LogP contribution in [0.3, 0.4) is 0 Å². The normalized spacial score (nSPS) is 23.1. The summed E-state index contributed by atoms with van der Waals surface area (Å²) in [5.74, 6) is 1.27. The molecule has 0 radical (unpaired) electrons. The Morgan fingerprint density at radius 3 is 2.65 bits per heavy atom. The number of benzene rings is 1. The van der Waals surface area contributed by atoms with Gasteiger partial charge in [-0.05, 0) is 42.6 Å². The predicted octanol–water partition coefficient (Wildman–Crippen LogP) is 2.53. The van der Waals surface area contributed by atoms with Gasteiger partial charge in [0.05, 0.1) is 19.2 Å². The highest BCUT2D eigenvalue weighted by Crippen LogP contribution is 2.37. The molecule has 0 aliphatic carbocycles. The summed E-state index contributed by atoms with van der Waals surface area (Å²) in [7, 11) is 3.22. The highest BCUT2D eigenvalue weighted by Gasteiger charge is 2.32. The van der Waals surface area contributed by atoms with Gasteiger partial charge >= 0.3 is 0 Å². The molecule has 20 heavy (non-hydrogen) atoms. The minimum absolute atomic E-state index is 0.236. The van der Waals surface area contributed by atoms with E-state index < -0.39 is 0 Å². The van der Waals surface area contributed by atoms with Crippen LogP contribution in [0, 0.1) is 5.41 Å². The Labute approximate surface area is 125 Å². The standard InChI is InChI=1S/C15H23ClN2O2/c1-15(9-17)4-5-18(10-15)8-11-6-12(16)14(20-3)13(7-11)19-2/h6-7H,4-5,8-10,17H2,1-3H3. The van der Waals surface area contributed by atoms with E-state index >= 15 is 0 Å². The highest BCUT2D eigenvalue weighted by molar-refractivity contribution is 6.32. The van der Waals surface area contributed by atoms with E-state index in [1.165, 1.54) is 0 Å². The van der Waals surface area contributed by atoms with Crippen molar-refractivity contribution in [1.82, 2.24) is 4.90 Å². The number of nitrogens with two attached hydrogens (primary N) is 1. The molecule has 1 aromatic carbocycles. The van der Waals surface area contributed by atoms with E-state index in [0.29, 0.717) is 16.5 Å². The Morgan fingerprint density at radius 2 is 2.10 bits per heavy atom. The fourth-order valence-corrected chi connectivity index (χ4v) is 3.06. The van der Waals surface area contributed by atoms with E-state index in [-0.39, 0.29) is 5.41 Å². The molecule has 2 rings (SSSR count). The summed E-state index contributed by atoms with van der Waals surface area (Å²) < 4.78 is 10.6. The zero-order chi connectivity index (χ0) is 14.8. The molecule has 5 heteroatoms. The highest BCUT2D eigenvalue weighted by atomic mass is 35.5. The van der Waals surface area contributed by atoms with Crippen LogP contribution in [-0.2, 0) is 6.54 Å². The Hall–Kier alpha value is -0.970. The molecule has 0 bridgehead atoms. The number of hydrogen-bond donors (Lipinski definition) is 1. The summed E-state index contributed by atoms with van der Waals surface area (Å²) in [4.78, 5) is 2.41. The predicted molar refractivity (Wildman–Crippen MR) is 81.6 cm³/mol. The number of halogens is 1. The summed E-state index contributed by atoms with van der Waals surface area (Å²) in [6.07, 6.45) is 1.14. The van der Waals surface area contributed by atoms with Crippen molar-refractivity contribution in [3.8, 4) is 11.5 Å². The van der Waals surface area contributed by atoms with Crippen LogP contribution in [0.25, 0.3) is 0 Å². The molecule has 1 aliphatic rings. The minimum Gasteiger partial charge on any atom is -0.493 e. The monoisotopic (exact) mass is 298 g/mol. The maximum absolute atomic E-state index is 6.24. The average molecular weight is 299 g/mol. The maximum atomic E-state index is 6.24. The van der Waals surface area contributed by atoms with Gasteiger partial charge in [0, 0.05) is 13.1 Å². The molecule has 1 unspecified atom stereocenters. The molecule has 1 atom stereocenters. The van der Waals surface area contributed by atoms with Crippen molar-refractivity contribution >= 4 is 11.6 Å². The Kier molecular flexibility index (Phi) is 4.78. The lowest BCUT2D eigenvalue weighted by atomic mass is 9.90. The van der Waals surface area contributed by atoms with E-state index in [1.807, 2.05) is 12.1 Å². The molecule has 1 saturated heterocycles. The van der Waals surface area contributed by atoms with Crippen molar-refractivity contribution in [2.75, 3.05) is 33.9 Å². The van der Waals surface area contributed by atoms with Gasteiger partial charge in [0.25, 0.3) is 0 Å². The zero-order valence-electron chi connectivity index (χ0n) is 12.4. The van der Waals surface area contributed by atoms with Crippen LogP contribution in [0.1, 0.15) is 18.9 Å². The Bertz CT molecular complexity index is 481. The summed E-state index contributed by atoms with van der Waals surface area (Å²) in [5, 5.41) is 0.586. The second kappa shape index (κ2) is 6.20. The van der Waals surface area contributed by atoms with Crippen molar-refractivity contribution in [2.24, 2.45) is 11.1 Å². The van der Waals surface area contributed by atoms with Crippen LogP contribution in [-0.4, -0.2) is 38.8 Å². The first kappa shape index (κ1) is 15.4. The Balaban J connectivity index is 2.13. The van der Waals surface area contributed by atoms with Crippen molar-refractivity contribution < 1.29 is 9.47 Å². The number of ether oxygens (including phenoxy) is 2. The maximum Gasteiger partial charge on any atom is 0.179 e. The number of likely N-dealkylation sites (tertiary alicyclic amines) is 1. The molecule has 4 nitrogen and oxygen atoms in total. The summed E-state index contributed by atoms with van der Waals surface area (Å²) in [6.45, 7) is 5.93. The van der Waals surface area contributed by atoms with Gasteiger partial charge in [0.1, 0.15) is 0 Å². The lowest BCUT2D eigenvalue weighted by Crippen LogP contribution is -2.31. The average Bonchev–Trinajstić information content (AvgIpc) is 2.80. The fourth-order valence-electron chi connectivity index (χ4n) is 2.75.